The Hall–Kier alpha value is -2.32. The molecule has 8 heteroatoms. The van der Waals surface area contributed by atoms with Crippen LogP contribution >= 0.6 is 31.9 Å². The van der Waals surface area contributed by atoms with Gasteiger partial charge in [0, 0.05) is 33.3 Å². The van der Waals surface area contributed by atoms with Gasteiger partial charge in [0.05, 0.1) is 11.1 Å². The zero-order chi connectivity index (χ0) is 18.0. The van der Waals surface area contributed by atoms with Gasteiger partial charge in [-0.25, -0.2) is 0 Å². The van der Waals surface area contributed by atoms with E-state index in [1.165, 1.54) is 6.20 Å². The fraction of sp³-hybridized carbons (Fsp3) is 0.0588. The Kier molecular flexibility index (Phi) is 5.10. The number of allylic oxidation sites excluding steroid dienone is 1. The molecule has 25 heavy (non-hydrogen) atoms. The molecule has 2 heterocycles. The number of nitrogens with zero attached hydrogens (tertiary/aromatic N) is 4. The summed E-state index contributed by atoms with van der Waals surface area (Å²) in [5.41, 5.74) is 1.30. The highest BCUT2D eigenvalue weighted by Crippen LogP contribution is 2.40. The molecule has 2 aromatic heterocycles. The van der Waals surface area contributed by atoms with Crippen LogP contribution in [-0.2, 0) is 6.54 Å². The van der Waals surface area contributed by atoms with Crippen molar-refractivity contribution < 1.29 is 9.90 Å². The molecule has 0 saturated heterocycles. The van der Waals surface area contributed by atoms with Crippen molar-refractivity contribution in [3.63, 3.8) is 0 Å². The highest BCUT2D eigenvalue weighted by Gasteiger charge is 2.17. The monoisotopic (exact) mass is 462 g/mol. The molecule has 0 spiro atoms. The van der Waals surface area contributed by atoms with Crippen LogP contribution in [0.5, 0.6) is 5.88 Å². The quantitative estimate of drug-likeness (QED) is 0.416. The molecule has 1 N–H and O–H groups in total. The lowest BCUT2D eigenvalue weighted by atomic mass is 10.2. The first-order chi connectivity index (χ1) is 12.0. The standard InChI is InChI=1S/C17H12Br2N4O2/c1-2-5-23-14-4-3-11(18)7-13(14)15(17(23)25)21-22-16(24)10-6-12(19)9-20-8-10/h2-4,6-9,25H,1,5H2. The van der Waals surface area contributed by atoms with Crippen LogP contribution < -0.4 is 0 Å². The Morgan fingerprint density at radius 2 is 2.08 bits per heavy atom. The third kappa shape index (κ3) is 3.54. The van der Waals surface area contributed by atoms with E-state index in [0.29, 0.717) is 22.0 Å². The highest BCUT2D eigenvalue weighted by atomic mass is 79.9. The summed E-state index contributed by atoms with van der Waals surface area (Å²) in [6, 6.07) is 7.13. The number of halogens is 2. The first-order valence-corrected chi connectivity index (χ1v) is 8.78. The van der Waals surface area contributed by atoms with Crippen LogP contribution in [0.3, 0.4) is 0 Å². The molecule has 0 radical (unpaired) electrons. The van der Waals surface area contributed by atoms with E-state index in [1.807, 2.05) is 18.2 Å². The van der Waals surface area contributed by atoms with Crippen molar-refractivity contribution in [3.05, 3.63) is 63.8 Å². The Labute approximate surface area is 160 Å². The summed E-state index contributed by atoms with van der Waals surface area (Å²) in [7, 11) is 0. The van der Waals surface area contributed by atoms with Gasteiger partial charge in [0.25, 0.3) is 5.91 Å². The van der Waals surface area contributed by atoms with Crippen LogP contribution in [0.1, 0.15) is 10.4 Å². The lowest BCUT2D eigenvalue weighted by molar-refractivity contribution is 0.0994. The number of benzene rings is 1. The maximum atomic E-state index is 12.2. The second kappa shape index (κ2) is 7.28. The molecule has 6 nitrogen and oxygen atoms in total. The molecule has 0 fully saturated rings. The van der Waals surface area contributed by atoms with Crippen molar-refractivity contribution in [2.75, 3.05) is 0 Å². The predicted octanol–water partition coefficient (Wildman–Crippen LogP) is 5.38. The molecule has 0 saturated carbocycles. The topological polar surface area (TPSA) is 79.8 Å². The van der Waals surface area contributed by atoms with E-state index in [4.69, 9.17) is 0 Å². The van der Waals surface area contributed by atoms with E-state index >= 15 is 0 Å². The molecular formula is C17H12Br2N4O2. The van der Waals surface area contributed by atoms with Crippen LogP contribution in [0, 0.1) is 0 Å². The number of aromatic hydroxyl groups is 1. The maximum absolute atomic E-state index is 12.2. The molecule has 0 aliphatic carbocycles. The minimum Gasteiger partial charge on any atom is -0.493 e. The second-order valence-electron chi connectivity index (χ2n) is 5.13. The smallest absolute Gasteiger partial charge is 0.297 e. The summed E-state index contributed by atoms with van der Waals surface area (Å²) < 4.78 is 3.14. The number of aromatic nitrogens is 2. The van der Waals surface area contributed by atoms with Crippen molar-refractivity contribution in [2.45, 2.75) is 6.54 Å². The van der Waals surface area contributed by atoms with Gasteiger partial charge in [-0.3, -0.25) is 9.78 Å². The van der Waals surface area contributed by atoms with Crippen LogP contribution in [0.25, 0.3) is 10.9 Å². The van der Waals surface area contributed by atoms with E-state index in [2.05, 4.69) is 53.7 Å². The number of amides is 1. The lowest BCUT2D eigenvalue weighted by Crippen LogP contribution is -1.94. The highest BCUT2D eigenvalue weighted by molar-refractivity contribution is 9.10. The van der Waals surface area contributed by atoms with Gasteiger partial charge in [0.2, 0.25) is 5.88 Å². The van der Waals surface area contributed by atoms with Crippen LogP contribution in [0.4, 0.5) is 5.69 Å². The van der Waals surface area contributed by atoms with Gasteiger partial charge in [-0.15, -0.1) is 16.8 Å². The van der Waals surface area contributed by atoms with Crippen LogP contribution in [0.2, 0.25) is 0 Å². The summed E-state index contributed by atoms with van der Waals surface area (Å²) in [6.45, 7) is 4.10. The zero-order valence-electron chi connectivity index (χ0n) is 12.9. The molecule has 0 aliphatic rings. The minimum atomic E-state index is -0.548. The fourth-order valence-corrected chi connectivity index (χ4v) is 3.12. The SMILES string of the molecule is C=CCn1c(O)c(N=NC(=O)c2cncc(Br)c2)c2cc(Br)ccc21. The minimum absolute atomic E-state index is 0.0723. The van der Waals surface area contributed by atoms with Gasteiger partial charge in [-0.1, -0.05) is 22.0 Å². The largest absolute Gasteiger partial charge is 0.493 e. The molecule has 126 valence electrons. The number of rotatable bonds is 4. The van der Waals surface area contributed by atoms with Crippen LogP contribution in [-0.4, -0.2) is 20.6 Å². The summed E-state index contributed by atoms with van der Waals surface area (Å²) in [6.07, 6.45) is 4.64. The van der Waals surface area contributed by atoms with Crippen molar-refractivity contribution >= 4 is 54.4 Å². The number of hydrogen-bond acceptors (Lipinski definition) is 4. The number of fused-ring (bicyclic) bond motifs is 1. The number of pyridine rings is 1. The summed E-state index contributed by atoms with van der Waals surface area (Å²) >= 11 is 6.65. The molecule has 3 rings (SSSR count). The summed E-state index contributed by atoms with van der Waals surface area (Å²) in [4.78, 5) is 16.1. The number of azo groups is 1. The Balaban J connectivity index is 2.06. The molecule has 0 unspecified atom stereocenters. The predicted molar refractivity (Wildman–Crippen MR) is 102 cm³/mol. The van der Waals surface area contributed by atoms with Gasteiger partial charge >= 0.3 is 0 Å². The van der Waals surface area contributed by atoms with Crippen molar-refractivity contribution in [1.82, 2.24) is 9.55 Å². The Bertz CT molecular complexity index is 1010. The summed E-state index contributed by atoms with van der Waals surface area (Å²) in [5, 5.41) is 18.9. The molecule has 1 aromatic carbocycles. The average molecular weight is 464 g/mol. The van der Waals surface area contributed by atoms with E-state index in [1.54, 1.807) is 22.9 Å². The van der Waals surface area contributed by atoms with Crippen molar-refractivity contribution in [2.24, 2.45) is 10.2 Å². The lowest BCUT2D eigenvalue weighted by Gasteiger charge is -2.02. The second-order valence-corrected chi connectivity index (χ2v) is 6.96. The van der Waals surface area contributed by atoms with Crippen molar-refractivity contribution in [1.29, 1.82) is 0 Å². The van der Waals surface area contributed by atoms with Gasteiger partial charge in [-0.05, 0) is 40.2 Å². The normalized spacial score (nSPS) is 11.3. The number of carbonyl (C=O) groups excluding carboxylic acids is 1. The molecule has 0 atom stereocenters. The average Bonchev–Trinajstić information content (AvgIpc) is 2.84. The molecular weight excluding hydrogens is 452 g/mol. The third-order valence-electron chi connectivity index (χ3n) is 3.48. The molecule has 0 bridgehead atoms. The molecule has 0 aliphatic heterocycles. The first-order valence-electron chi connectivity index (χ1n) is 7.19. The maximum Gasteiger partial charge on any atom is 0.297 e. The van der Waals surface area contributed by atoms with E-state index in [-0.39, 0.29) is 11.6 Å². The number of carbonyl (C=O) groups is 1. The van der Waals surface area contributed by atoms with E-state index in [9.17, 15) is 9.90 Å². The Morgan fingerprint density at radius 3 is 2.80 bits per heavy atom. The molecule has 3 aromatic rings. The zero-order valence-corrected chi connectivity index (χ0v) is 16.0. The van der Waals surface area contributed by atoms with Gasteiger partial charge < -0.3 is 9.67 Å². The van der Waals surface area contributed by atoms with Gasteiger partial charge in [-0.2, -0.15) is 0 Å². The third-order valence-corrected chi connectivity index (χ3v) is 4.40. The van der Waals surface area contributed by atoms with E-state index < -0.39 is 5.91 Å². The number of hydrogen-bond donors (Lipinski definition) is 1. The van der Waals surface area contributed by atoms with Crippen LogP contribution in [0.15, 0.2) is 68.5 Å². The molecule has 1 amide bonds. The van der Waals surface area contributed by atoms with Gasteiger partial charge in [0.1, 0.15) is 0 Å². The van der Waals surface area contributed by atoms with Crippen molar-refractivity contribution in [3.8, 4) is 5.88 Å². The fourth-order valence-electron chi connectivity index (χ4n) is 2.39. The first kappa shape index (κ1) is 17.5. The Morgan fingerprint density at radius 1 is 1.28 bits per heavy atom. The van der Waals surface area contributed by atoms with Gasteiger partial charge in [0.15, 0.2) is 5.69 Å². The van der Waals surface area contributed by atoms with E-state index in [0.717, 1.165) is 9.99 Å². The summed E-state index contributed by atoms with van der Waals surface area (Å²) in [5.74, 6) is -0.621.